The number of carbonyl (C=O) groups is 4. The zero-order valence-corrected chi connectivity index (χ0v) is 15.7. The van der Waals surface area contributed by atoms with E-state index in [1.165, 1.54) is 31.7 Å². The predicted octanol–water partition coefficient (Wildman–Crippen LogP) is -0.405. The molecule has 1 aromatic heterocycles. The van der Waals surface area contributed by atoms with Crippen LogP contribution in [0.3, 0.4) is 0 Å². The number of ether oxygens (including phenoxy) is 4. The molecule has 12 heteroatoms. The molecule has 0 spiro atoms. The summed E-state index contributed by atoms with van der Waals surface area (Å²) in [6.45, 7) is 3.30. The normalized spacial score (nSPS) is 24.3. The highest BCUT2D eigenvalue weighted by atomic mass is 32.1. The lowest BCUT2D eigenvalue weighted by atomic mass is 10.1. The van der Waals surface area contributed by atoms with Gasteiger partial charge in [-0.3, -0.25) is 23.7 Å². The summed E-state index contributed by atoms with van der Waals surface area (Å²) in [6, 6.07) is 0. The molecular formula is C15H19N3O8S. The molecule has 0 saturated carbocycles. The van der Waals surface area contributed by atoms with Crippen molar-refractivity contribution >= 4 is 36.4 Å². The first-order chi connectivity index (χ1) is 12.6. The second-order valence-corrected chi connectivity index (χ2v) is 6.13. The molecule has 27 heavy (non-hydrogen) atoms. The second-order valence-electron chi connectivity index (χ2n) is 5.70. The van der Waals surface area contributed by atoms with Crippen molar-refractivity contribution in [2.45, 2.75) is 50.3 Å². The Hall–Kier alpha value is -2.60. The third-order valence-electron chi connectivity index (χ3n) is 3.62. The quantitative estimate of drug-likeness (QED) is 0.369. The number of aromatic nitrogens is 2. The number of hydrogen-bond acceptors (Lipinski definition) is 10. The Bertz CT molecular complexity index is 764. The van der Waals surface area contributed by atoms with Gasteiger partial charge in [-0.05, 0) is 0 Å². The van der Waals surface area contributed by atoms with Crippen molar-refractivity contribution in [3.63, 3.8) is 0 Å². The van der Waals surface area contributed by atoms with Crippen LogP contribution in [0.15, 0.2) is 11.4 Å². The first kappa shape index (κ1) is 20.7. The minimum atomic E-state index is -1.10. The Labute approximate surface area is 159 Å². The number of rotatable bonds is 6. The molecule has 0 aromatic carbocycles. The summed E-state index contributed by atoms with van der Waals surface area (Å²) in [5.41, 5.74) is 5.11. The maximum atomic E-state index is 11.6. The fourth-order valence-electron chi connectivity index (χ4n) is 2.63. The number of nitrogens with two attached hydrogens (primary N) is 1. The van der Waals surface area contributed by atoms with Gasteiger partial charge in [-0.2, -0.15) is 0 Å². The van der Waals surface area contributed by atoms with Crippen molar-refractivity contribution in [3.8, 4) is 0 Å². The van der Waals surface area contributed by atoms with Crippen molar-refractivity contribution < 1.29 is 38.1 Å². The van der Waals surface area contributed by atoms with Crippen LogP contribution in [0.2, 0.25) is 0 Å². The van der Waals surface area contributed by atoms with Crippen molar-refractivity contribution in [3.05, 3.63) is 12.0 Å². The zero-order chi connectivity index (χ0) is 20.3. The van der Waals surface area contributed by atoms with Gasteiger partial charge >= 0.3 is 17.9 Å². The predicted molar refractivity (Wildman–Crippen MR) is 89.6 cm³/mol. The number of amides is 1. The van der Waals surface area contributed by atoms with E-state index in [0.29, 0.717) is 0 Å². The lowest BCUT2D eigenvalue weighted by molar-refractivity contribution is -0.166. The summed E-state index contributed by atoms with van der Waals surface area (Å²) in [5, 5.41) is 0.0689. The standard InChI is InChI=1S/C15H19N3O8S/c1-6(19)23-4-9-11(24-7(2)20)12(25-8(3)21)14(26-9)18-5-17-10(13(16)22)15(18)27/h5,9,11-12,14,27H,4H2,1-3H3,(H2,16,22). The third-order valence-corrected chi connectivity index (χ3v) is 4.06. The minimum absolute atomic E-state index is 0.0689. The summed E-state index contributed by atoms with van der Waals surface area (Å²) in [5.74, 6) is -2.69. The summed E-state index contributed by atoms with van der Waals surface area (Å²) >= 11 is 4.21. The monoisotopic (exact) mass is 401 g/mol. The Morgan fingerprint density at radius 2 is 1.74 bits per heavy atom. The highest BCUT2D eigenvalue weighted by molar-refractivity contribution is 7.80. The fourth-order valence-corrected chi connectivity index (χ4v) is 2.96. The molecule has 148 valence electrons. The summed E-state index contributed by atoms with van der Waals surface area (Å²) in [7, 11) is 0. The van der Waals surface area contributed by atoms with Crippen molar-refractivity contribution in [2.24, 2.45) is 5.73 Å². The number of carbonyl (C=O) groups excluding carboxylic acids is 4. The fraction of sp³-hybridized carbons (Fsp3) is 0.533. The topological polar surface area (TPSA) is 149 Å². The van der Waals surface area contributed by atoms with Crippen molar-refractivity contribution in [1.82, 2.24) is 9.55 Å². The SMILES string of the molecule is CC(=O)OCC1OC(n2cnc(C(N)=O)c2S)C(OC(C)=O)C1OC(C)=O. The first-order valence-corrected chi connectivity index (χ1v) is 8.25. The molecule has 2 N–H and O–H groups in total. The summed E-state index contributed by atoms with van der Waals surface area (Å²) in [4.78, 5) is 49.4. The van der Waals surface area contributed by atoms with Crippen LogP contribution in [0, 0.1) is 0 Å². The Kier molecular flexibility index (Phi) is 6.44. The van der Waals surface area contributed by atoms with Gasteiger partial charge in [0.15, 0.2) is 24.1 Å². The Morgan fingerprint density at radius 3 is 2.22 bits per heavy atom. The van der Waals surface area contributed by atoms with Gasteiger partial charge in [0.2, 0.25) is 0 Å². The van der Waals surface area contributed by atoms with Crippen molar-refractivity contribution in [2.75, 3.05) is 6.61 Å². The van der Waals surface area contributed by atoms with Crippen molar-refractivity contribution in [1.29, 1.82) is 0 Å². The van der Waals surface area contributed by atoms with E-state index in [9.17, 15) is 19.2 Å². The van der Waals surface area contributed by atoms with Crippen LogP contribution in [0.4, 0.5) is 0 Å². The summed E-state index contributed by atoms with van der Waals surface area (Å²) < 4.78 is 22.5. The minimum Gasteiger partial charge on any atom is -0.463 e. The molecule has 2 heterocycles. The molecule has 4 atom stereocenters. The van der Waals surface area contributed by atoms with Crippen LogP contribution in [0.1, 0.15) is 37.5 Å². The summed E-state index contributed by atoms with van der Waals surface area (Å²) in [6.07, 6.45) is -2.93. The number of primary amides is 1. The smallest absolute Gasteiger partial charge is 0.303 e. The zero-order valence-electron chi connectivity index (χ0n) is 14.8. The number of nitrogens with zero attached hydrogens (tertiary/aromatic N) is 2. The van der Waals surface area contributed by atoms with E-state index in [-0.39, 0.29) is 17.3 Å². The van der Waals surface area contributed by atoms with E-state index in [1.807, 2.05) is 0 Å². The average Bonchev–Trinajstić information content (AvgIpc) is 3.06. The molecule has 1 fully saturated rings. The molecule has 1 aromatic rings. The van der Waals surface area contributed by atoms with E-state index in [4.69, 9.17) is 24.7 Å². The molecule has 0 radical (unpaired) electrons. The molecule has 0 bridgehead atoms. The van der Waals surface area contributed by atoms with Gasteiger partial charge in [-0.25, -0.2) is 4.98 Å². The van der Waals surface area contributed by atoms with Gasteiger partial charge in [0.1, 0.15) is 17.7 Å². The van der Waals surface area contributed by atoms with E-state index < -0.39 is 48.4 Å². The van der Waals surface area contributed by atoms with E-state index in [1.54, 1.807) is 0 Å². The first-order valence-electron chi connectivity index (χ1n) is 7.80. The molecule has 1 saturated heterocycles. The van der Waals surface area contributed by atoms with Gasteiger partial charge in [0.05, 0.1) is 6.33 Å². The Balaban J connectivity index is 2.41. The number of esters is 3. The average molecular weight is 401 g/mol. The number of hydrogen-bond donors (Lipinski definition) is 2. The molecule has 1 amide bonds. The van der Waals surface area contributed by atoms with Gasteiger partial charge < -0.3 is 24.7 Å². The largest absolute Gasteiger partial charge is 0.463 e. The molecule has 4 unspecified atom stereocenters. The molecule has 1 aliphatic rings. The molecule has 0 aliphatic carbocycles. The van der Waals surface area contributed by atoms with Gasteiger partial charge in [-0.1, -0.05) is 0 Å². The van der Waals surface area contributed by atoms with Crippen LogP contribution in [0.25, 0.3) is 0 Å². The van der Waals surface area contributed by atoms with Gasteiger partial charge in [0, 0.05) is 20.8 Å². The highest BCUT2D eigenvalue weighted by Crippen LogP contribution is 2.36. The molecule has 11 nitrogen and oxygen atoms in total. The molecular weight excluding hydrogens is 382 g/mol. The highest BCUT2D eigenvalue weighted by Gasteiger charge is 2.51. The lowest BCUT2D eigenvalue weighted by Gasteiger charge is -2.24. The van der Waals surface area contributed by atoms with Crippen LogP contribution in [0.5, 0.6) is 0 Å². The maximum absolute atomic E-state index is 11.6. The molecule has 1 aliphatic heterocycles. The van der Waals surface area contributed by atoms with Crippen LogP contribution < -0.4 is 5.73 Å². The van der Waals surface area contributed by atoms with E-state index >= 15 is 0 Å². The van der Waals surface area contributed by atoms with E-state index in [2.05, 4.69) is 17.6 Å². The van der Waals surface area contributed by atoms with Gasteiger partial charge in [-0.15, -0.1) is 12.6 Å². The van der Waals surface area contributed by atoms with Gasteiger partial charge in [0.25, 0.3) is 5.91 Å². The van der Waals surface area contributed by atoms with Crippen LogP contribution in [-0.4, -0.2) is 58.3 Å². The maximum Gasteiger partial charge on any atom is 0.303 e. The second kappa shape index (κ2) is 8.39. The number of imidazole rings is 1. The Morgan fingerprint density at radius 1 is 1.15 bits per heavy atom. The third kappa shape index (κ3) is 4.77. The van der Waals surface area contributed by atoms with Crippen LogP contribution >= 0.6 is 12.6 Å². The number of thiol groups is 1. The lowest BCUT2D eigenvalue weighted by Crippen LogP contribution is -2.40. The van der Waals surface area contributed by atoms with Crippen LogP contribution in [-0.2, 0) is 33.3 Å². The van der Waals surface area contributed by atoms with E-state index in [0.717, 1.165) is 0 Å². The molecule has 2 rings (SSSR count).